The number of ether oxygens (including phenoxy) is 4. The Balaban J connectivity index is 1.44. The quantitative estimate of drug-likeness (QED) is 0.260. The number of fused-ring (bicyclic) bond motifs is 1. The van der Waals surface area contributed by atoms with E-state index in [4.69, 9.17) is 23.4 Å². The molecule has 2 aliphatic heterocycles. The summed E-state index contributed by atoms with van der Waals surface area (Å²) in [6.45, 7) is 1.08. The minimum Gasteiger partial charge on any atom is -0.462 e. The van der Waals surface area contributed by atoms with E-state index >= 15 is 0 Å². The zero-order valence-electron chi connectivity index (χ0n) is 17.5. The highest BCUT2D eigenvalue weighted by atomic mass is 16.7. The summed E-state index contributed by atoms with van der Waals surface area (Å²) in [5, 5.41) is 61.2. The predicted molar refractivity (Wildman–Crippen MR) is 108 cm³/mol. The molecule has 33 heavy (non-hydrogen) atoms. The van der Waals surface area contributed by atoms with E-state index in [1.54, 1.807) is 18.2 Å². The van der Waals surface area contributed by atoms with E-state index in [2.05, 4.69) is 0 Å². The molecule has 6 N–H and O–H groups in total. The maximum atomic E-state index is 11.4. The van der Waals surface area contributed by atoms with Crippen LogP contribution < -0.4 is 10.4 Å². The number of hydrogen-bond acceptors (Lipinski definition) is 12. The highest BCUT2D eigenvalue weighted by Crippen LogP contribution is 2.28. The Hall–Kier alpha value is -2.13. The Morgan fingerprint density at radius 1 is 0.818 bits per heavy atom. The number of hydrogen-bond donors (Lipinski definition) is 6. The van der Waals surface area contributed by atoms with Crippen molar-refractivity contribution >= 4 is 11.0 Å². The zero-order valence-corrected chi connectivity index (χ0v) is 17.5. The fraction of sp³-hybridized carbons (Fsp3) is 0.571. The Morgan fingerprint density at radius 3 is 2.24 bits per heavy atom. The highest BCUT2D eigenvalue weighted by Gasteiger charge is 2.47. The van der Waals surface area contributed by atoms with Crippen molar-refractivity contribution in [3.8, 4) is 5.75 Å². The first kappa shape index (κ1) is 24.0. The molecule has 0 amide bonds. The van der Waals surface area contributed by atoms with Crippen molar-refractivity contribution in [3.63, 3.8) is 0 Å². The molecule has 2 aromatic rings. The fourth-order valence-electron chi connectivity index (χ4n) is 3.74. The molecule has 1 aromatic heterocycles. The SMILES string of the molecule is C[C@H]1O[C@@H](OC[C@@H]2O[C@@H](Oc3ccc4ccc(=O)oc4c3)[C@H](O)[C@@H](O)[C@@H]2O)[C@H](O)[C@H](O)[C@H]1O. The number of aliphatic hydroxyl groups is 6. The molecule has 2 aliphatic rings. The van der Waals surface area contributed by atoms with Crippen LogP contribution in [-0.2, 0) is 14.2 Å². The Labute approximate surface area is 187 Å². The van der Waals surface area contributed by atoms with Gasteiger partial charge in [-0.2, -0.15) is 0 Å². The molecule has 4 rings (SSSR count). The molecule has 0 aliphatic carbocycles. The van der Waals surface area contributed by atoms with Crippen molar-refractivity contribution in [2.45, 2.75) is 68.3 Å². The third-order valence-electron chi connectivity index (χ3n) is 5.75. The molecular formula is C21H26O12. The Morgan fingerprint density at radius 2 is 1.48 bits per heavy atom. The number of aliphatic hydroxyl groups excluding tert-OH is 6. The monoisotopic (exact) mass is 470 g/mol. The summed E-state index contributed by atoms with van der Waals surface area (Å²) in [7, 11) is 0. The second-order valence-corrected chi connectivity index (χ2v) is 8.10. The van der Waals surface area contributed by atoms with E-state index in [1.165, 1.54) is 19.1 Å². The lowest BCUT2D eigenvalue weighted by atomic mass is 9.98. The highest BCUT2D eigenvalue weighted by molar-refractivity contribution is 5.77. The second-order valence-electron chi connectivity index (χ2n) is 8.10. The molecule has 0 radical (unpaired) electrons. The minimum atomic E-state index is -1.65. The largest absolute Gasteiger partial charge is 0.462 e. The molecule has 0 saturated carbocycles. The van der Waals surface area contributed by atoms with Crippen LogP contribution in [0.3, 0.4) is 0 Å². The van der Waals surface area contributed by atoms with E-state index < -0.39 is 73.6 Å². The first-order valence-electron chi connectivity index (χ1n) is 10.4. The first-order valence-corrected chi connectivity index (χ1v) is 10.4. The number of benzene rings is 1. The number of rotatable bonds is 5. The summed E-state index contributed by atoms with van der Waals surface area (Å²) < 4.78 is 27.0. The van der Waals surface area contributed by atoms with Gasteiger partial charge >= 0.3 is 5.63 Å². The van der Waals surface area contributed by atoms with Crippen LogP contribution in [0.1, 0.15) is 6.92 Å². The van der Waals surface area contributed by atoms with E-state index in [9.17, 15) is 35.4 Å². The third kappa shape index (κ3) is 4.89. The molecule has 0 spiro atoms. The maximum Gasteiger partial charge on any atom is 0.336 e. The Kier molecular flexibility index (Phi) is 7.00. The molecule has 182 valence electrons. The molecule has 12 nitrogen and oxygen atoms in total. The molecule has 10 atom stereocenters. The van der Waals surface area contributed by atoms with Crippen LogP contribution in [0.15, 0.2) is 39.5 Å². The van der Waals surface area contributed by atoms with Crippen LogP contribution in [0.4, 0.5) is 0 Å². The van der Waals surface area contributed by atoms with Crippen molar-refractivity contribution < 1.29 is 54.0 Å². The summed E-state index contributed by atoms with van der Waals surface area (Å²) in [6, 6.07) is 7.42. The summed E-state index contributed by atoms with van der Waals surface area (Å²) in [5.41, 5.74) is -0.313. The van der Waals surface area contributed by atoms with E-state index in [-0.39, 0.29) is 11.3 Å². The predicted octanol–water partition coefficient (Wildman–Crippen LogP) is -2.18. The van der Waals surface area contributed by atoms with Gasteiger partial charge in [-0.3, -0.25) is 0 Å². The van der Waals surface area contributed by atoms with E-state index in [0.29, 0.717) is 5.39 Å². The van der Waals surface area contributed by atoms with Crippen LogP contribution >= 0.6 is 0 Å². The first-order chi connectivity index (χ1) is 15.7. The van der Waals surface area contributed by atoms with Gasteiger partial charge < -0.3 is 54.0 Å². The van der Waals surface area contributed by atoms with E-state index in [0.717, 1.165) is 0 Å². The van der Waals surface area contributed by atoms with Crippen LogP contribution in [-0.4, -0.2) is 98.7 Å². The van der Waals surface area contributed by atoms with Crippen LogP contribution in [0.2, 0.25) is 0 Å². The summed E-state index contributed by atoms with van der Waals surface area (Å²) in [5.74, 6) is 0.168. The van der Waals surface area contributed by atoms with Gasteiger partial charge in [0.1, 0.15) is 54.1 Å². The lowest BCUT2D eigenvalue weighted by Gasteiger charge is -2.42. The van der Waals surface area contributed by atoms with Crippen molar-refractivity contribution in [2.24, 2.45) is 0 Å². The van der Waals surface area contributed by atoms with Crippen LogP contribution in [0, 0.1) is 0 Å². The summed E-state index contributed by atoms with van der Waals surface area (Å²) in [6.07, 6.45) is -14.0. The van der Waals surface area contributed by atoms with Gasteiger partial charge in [0.2, 0.25) is 6.29 Å². The lowest BCUT2D eigenvalue weighted by molar-refractivity contribution is -0.318. The van der Waals surface area contributed by atoms with Crippen LogP contribution in [0.5, 0.6) is 5.75 Å². The van der Waals surface area contributed by atoms with E-state index in [1.807, 2.05) is 0 Å². The molecule has 0 bridgehead atoms. The van der Waals surface area contributed by atoms with Crippen LogP contribution in [0.25, 0.3) is 11.0 Å². The molecule has 2 fully saturated rings. The molecular weight excluding hydrogens is 444 g/mol. The van der Waals surface area contributed by atoms with Gasteiger partial charge in [-0.15, -0.1) is 0 Å². The smallest absolute Gasteiger partial charge is 0.336 e. The molecule has 3 heterocycles. The standard InChI is InChI=1S/C21H26O12/c1-8-14(23)16(25)18(27)20(30-8)29-7-12-15(24)17(26)19(28)21(33-12)31-10-4-2-9-3-5-13(22)32-11(9)6-10/h2-6,8,12,14-21,23-28H,7H2,1H3/t8-,12+,14+,15-,16-,17+,18-,19-,20-,21-/m1/s1. The Bertz CT molecular complexity index is 1010. The van der Waals surface area contributed by atoms with Crippen molar-refractivity contribution in [3.05, 3.63) is 40.8 Å². The van der Waals surface area contributed by atoms with Crippen molar-refractivity contribution in [1.29, 1.82) is 0 Å². The molecule has 1 aromatic carbocycles. The van der Waals surface area contributed by atoms with Crippen molar-refractivity contribution in [1.82, 2.24) is 0 Å². The van der Waals surface area contributed by atoms with Gasteiger partial charge in [0, 0.05) is 17.5 Å². The summed E-state index contributed by atoms with van der Waals surface area (Å²) >= 11 is 0. The normalized spacial score (nSPS) is 39.5. The molecule has 12 heteroatoms. The van der Waals surface area contributed by atoms with Gasteiger partial charge in [-0.1, -0.05) is 0 Å². The topological polar surface area (TPSA) is 189 Å². The summed E-state index contributed by atoms with van der Waals surface area (Å²) in [4.78, 5) is 11.4. The maximum absolute atomic E-state index is 11.4. The zero-order chi connectivity index (χ0) is 23.9. The van der Waals surface area contributed by atoms with Gasteiger partial charge in [0.25, 0.3) is 0 Å². The van der Waals surface area contributed by atoms with Gasteiger partial charge in [0.15, 0.2) is 6.29 Å². The third-order valence-corrected chi connectivity index (χ3v) is 5.75. The van der Waals surface area contributed by atoms with Gasteiger partial charge in [-0.25, -0.2) is 4.79 Å². The lowest BCUT2D eigenvalue weighted by Crippen LogP contribution is -2.61. The second kappa shape index (κ2) is 9.62. The fourth-order valence-corrected chi connectivity index (χ4v) is 3.74. The molecule has 0 unspecified atom stereocenters. The van der Waals surface area contributed by atoms with Gasteiger partial charge in [-0.05, 0) is 25.1 Å². The minimum absolute atomic E-state index is 0.168. The average molecular weight is 470 g/mol. The average Bonchev–Trinajstić information content (AvgIpc) is 2.80. The van der Waals surface area contributed by atoms with Gasteiger partial charge in [0.05, 0.1) is 12.7 Å². The molecule has 2 saturated heterocycles. The van der Waals surface area contributed by atoms with Crippen molar-refractivity contribution in [2.75, 3.05) is 6.61 Å².